The van der Waals surface area contributed by atoms with Gasteiger partial charge in [-0.3, -0.25) is 0 Å². The summed E-state index contributed by atoms with van der Waals surface area (Å²) < 4.78 is 5.79. The van der Waals surface area contributed by atoms with Gasteiger partial charge in [0.1, 0.15) is 0 Å². The predicted octanol–water partition coefficient (Wildman–Crippen LogP) is 4.16. The number of thiophene rings is 1. The molecule has 3 unspecified atom stereocenters. The van der Waals surface area contributed by atoms with E-state index in [-0.39, 0.29) is 5.41 Å². The van der Waals surface area contributed by atoms with Gasteiger partial charge in [-0.25, -0.2) is 0 Å². The molecule has 0 spiro atoms. The normalized spacial score (nSPS) is 27.0. The maximum Gasteiger partial charge on any atom is 0.0655 e. The van der Waals surface area contributed by atoms with E-state index in [0.717, 1.165) is 19.4 Å². The van der Waals surface area contributed by atoms with E-state index in [1.54, 1.807) is 0 Å². The molecule has 2 rings (SSSR count). The lowest BCUT2D eigenvalue weighted by atomic mass is 9.64. The van der Waals surface area contributed by atoms with Crippen LogP contribution in [0.1, 0.15) is 56.8 Å². The van der Waals surface area contributed by atoms with Crippen LogP contribution in [0.3, 0.4) is 0 Å². The predicted molar refractivity (Wildman–Crippen MR) is 82.8 cm³/mol. The Hall–Kier alpha value is -0.380. The number of hydrogen-bond acceptors (Lipinski definition) is 3. The van der Waals surface area contributed by atoms with Crippen LogP contribution in [-0.4, -0.2) is 18.8 Å². The van der Waals surface area contributed by atoms with Crippen LogP contribution in [0.2, 0.25) is 0 Å². The van der Waals surface area contributed by atoms with Crippen LogP contribution in [0, 0.1) is 5.41 Å². The lowest BCUT2D eigenvalue weighted by Gasteiger charge is -2.52. The van der Waals surface area contributed by atoms with Gasteiger partial charge in [-0.1, -0.05) is 20.8 Å². The molecule has 1 N–H and O–H groups in total. The van der Waals surface area contributed by atoms with Crippen LogP contribution >= 0.6 is 11.3 Å². The van der Waals surface area contributed by atoms with Crippen LogP contribution in [-0.2, 0) is 11.2 Å². The lowest BCUT2D eigenvalue weighted by Crippen LogP contribution is -2.61. The molecule has 0 saturated heterocycles. The SMILES string of the molecule is CCOC1CC(NC(C)c2ccc(CC)s2)C1(C)C. The van der Waals surface area contributed by atoms with Crippen molar-refractivity contribution >= 4 is 11.3 Å². The number of ether oxygens (including phenoxy) is 1. The third-order valence-corrected chi connectivity index (χ3v) is 5.87. The van der Waals surface area contributed by atoms with Crippen molar-refractivity contribution in [3.8, 4) is 0 Å². The molecule has 0 radical (unpaired) electrons. The van der Waals surface area contributed by atoms with Crippen molar-refractivity contribution in [1.29, 1.82) is 0 Å². The topological polar surface area (TPSA) is 21.3 Å². The molecule has 1 aliphatic rings. The van der Waals surface area contributed by atoms with Gasteiger partial charge in [0.2, 0.25) is 0 Å². The van der Waals surface area contributed by atoms with Crippen LogP contribution in [0.25, 0.3) is 0 Å². The fourth-order valence-electron chi connectivity index (χ4n) is 2.85. The van der Waals surface area contributed by atoms with Crippen LogP contribution in [0.5, 0.6) is 0 Å². The molecular formula is C16H27NOS. The molecule has 0 amide bonds. The van der Waals surface area contributed by atoms with Gasteiger partial charge in [0.05, 0.1) is 6.10 Å². The molecule has 3 heteroatoms. The molecule has 2 nitrogen and oxygen atoms in total. The maximum absolute atomic E-state index is 5.79. The summed E-state index contributed by atoms with van der Waals surface area (Å²) >= 11 is 1.93. The first-order chi connectivity index (χ1) is 8.98. The van der Waals surface area contributed by atoms with Gasteiger partial charge < -0.3 is 10.1 Å². The van der Waals surface area contributed by atoms with Crippen LogP contribution < -0.4 is 5.32 Å². The Morgan fingerprint density at radius 3 is 2.68 bits per heavy atom. The van der Waals surface area contributed by atoms with E-state index in [2.05, 4.69) is 52.1 Å². The van der Waals surface area contributed by atoms with E-state index in [0.29, 0.717) is 18.2 Å². The van der Waals surface area contributed by atoms with Crippen molar-refractivity contribution in [3.05, 3.63) is 21.9 Å². The highest BCUT2D eigenvalue weighted by molar-refractivity contribution is 7.12. The second-order valence-electron chi connectivity index (χ2n) is 6.10. The minimum Gasteiger partial charge on any atom is -0.378 e. The molecule has 1 aromatic rings. The van der Waals surface area contributed by atoms with E-state index in [1.165, 1.54) is 9.75 Å². The molecule has 0 aliphatic heterocycles. The molecule has 1 heterocycles. The fourth-order valence-corrected chi connectivity index (χ4v) is 3.82. The number of nitrogens with one attached hydrogen (secondary N) is 1. The molecule has 108 valence electrons. The van der Waals surface area contributed by atoms with E-state index in [9.17, 15) is 0 Å². The van der Waals surface area contributed by atoms with E-state index >= 15 is 0 Å². The highest BCUT2D eigenvalue weighted by atomic mass is 32.1. The largest absolute Gasteiger partial charge is 0.378 e. The molecule has 0 aromatic carbocycles. The zero-order valence-electron chi connectivity index (χ0n) is 12.8. The van der Waals surface area contributed by atoms with Crippen molar-refractivity contribution in [2.24, 2.45) is 5.41 Å². The van der Waals surface area contributed by atoms with Crippen molar-refractivity contribution in [2.45, 2.75) is 65.6 Å². The third-order valence-electron chi connectivity index (χ3n) is 4.45. The quantitative estimate of drug-likeness (QED) is 0.845. The summed E-state index contributed by atoms with van der Waals surface area (Å²) in [5.74, 6) is 0. The summed E-state index contributed by atoms with van der Waals surface area (Å²) in [6.07, 6.45) is 2.69. The Morgan fingerprint density at radius 2 is 2.16 bits per heavy atom. The van der Waals surface area contributed by atoms with E-state index < -0.39 is 0 Å². The van der Waals surface area contributed by atoms with Gasteiger partial charge in [0.25, 0.3) is 0 Å². The summed E-state index contributed by atoms with van der Waals surface area (Å²) in [4.78, 5) is 2.93. The number of aryl methyl sites for hydroxylation is 1. The zero-order chi connectivity index (χ0) is 14.0. The van der Waals surface area contributed by atoms with Gasteiger partial charge in [-0.05, 0) is 38.8 Å². The first-order valence-corrected chi connectivity index (χ1v) is 8.26. The number of rotatable bonds is 6. The van der Waals surface area contributed by atoms with Gasteiger partial charge in [0, 0.05) is 33.9 Å². The Balaban J connectivity index is 1.91. The molecule has 1 saturated carbocycles. The second-order valence-corrected chi connectivity index (χ2v) is 7.30. The molecular weight excluding hydrogens is 254 g/mol. The summed E-state index contributed by atoms with van der Waals surface area (Å²) in [5.41, 5.74) is 0.245. The average Bonchev–Trinajstić information content (AvgIpc) is 2.86. The Bertz CT molecular complexity index is 413. The highest BCUT2D eigenvalue weighted by Crippen LogP contribution is 2.43. The van der Waals surface area contributed by atoms with E-state index in [4.69, 9.17) is 4.74 Å². The molecule has 0 bridgehead atoms. The first-order valence-electron chi connectivity index (χ1n) is 7.45. The molecule has 19 heavy (non-hydrogen) atoms. The van der Waals surface area contributed by atoms with Crippen molar-refractivity contribution < 1.29 is 4.74 Å². The Kier molecular flexibility index (Phi) is 4.70. The van der Waals surface area contributed by atoms with Gasteiger partial charge >= 0.3 is 0 Å². The minimum atomic E-state index is 0.245. The first kappa shape index (κ1) is 15.0. The lowest BCUT2D eigenvalue weighted by molar-refractivity contribution is -0.116. The maximum atomic E-state index is 5.79. The fraction of sp³-hybridized carbons (Fsp3) is 0.750. The van der Waals surface area contributed by atoms with Crippen LogP contribution in [0.15, 0.2) is 12.1 Å². The van der Waals surface area contributed by atoms with Crippen LogP contribution in [0.4, 0.5) is 0 Å². The monoisotopic (exact) mass is 281 g/mol. The van der Waals surface area contributed by atoms with Gasteiger partial charge in [-0.15, -0.1) is 11.3 Å². The van der Waals surface area contributed by atoms with Crippen molar-refractivity contribution in [2.75, 3.05) is 6.61 Å². The van der Waals surface area contributed by atoms with E-state index in [1.807, 2.05) is 11.3 Å². The summed E-state index contributed by atoms with van der Waals surface area (Å²) in [6, 6.07) is 5.53. The minimum absolute atomic E-state index is 0.245. The summed E-state index contributed by atoms with van der Waals surface area (Å²) in [6.45, 7) is 12.0. The second kappa shape index (κ2) is 5.94. The summed E-state index contributed by atoms with van der Waals surface area (Å²) in [7, 11) is 0. The molecule has 1 aliphatic carbocycles. The smallest absolute Gasteiger partial charge is 0.0655 e. The number of hydrogen-bond donors (Lipinski definition) is 1. The Labute approximate surface area is 121 Å². The molecule has 1 aromatic heterocycles. The van der Waals surface area contributed by atoms with Crippen molar-refractivity contribution in [1.82, 2.24) is 5.32 Å². The van der Waals surface area contributed by atoms with Gasteiger partial charge in [0.15, 0.2) is 0 Å². The van der Waals surface area contributed by atoms with Crippen molar-refractivity contribution in [3.63, 3.8) is 0 Å². The molecule has 3 atom stereocenters. The average molecular weight is 281 g/mol. The molecule has 1 fully saturated rings. The third kappa shape index (κ3) is 3.04. The Morgan fingerprint density at radius 1 is 1.42 bits per heavy atom. The van der Waals surface area contributed by atoms with Gasteiger partial charge in [-0.2, -0.15) is 0 Å². The summed E-state index contributed by atoms with van der Waals surface area (Å²) in [5, 5.41) is 3.78. The highest BCUT2D eigenvalue weighted by Gasteiger charge is 2.49. The zero-order valence-corrected chi connectivity index (χ0v) is 13.6. The standard InChI is InChI=1S/C16H27NOS/c1-6-12-8-9-13(19-12)11(3)17-14-10-15(18-7-2)16(14,4)5/h8-9,11,14-15,17H,6-7,10H2,1-5H3.